The van der Waals surface area contributed by atoms with E-state index in [4.69, 9.17) is 16.3 Å². The maximum Gasteiger partial charge on any atom is 0.279 e. The average Bonchev–Trinajstić information content (AvgIpc) is 2.64. The molecule has 138 valence electrons. The predicted octanol–water partition coefficient (Wildman–Crippen LogP) is 0.271. The number of amides is 1. The van der Waals surface area contributed by atoms with E-state index in [0.29, 0.717) is 23.0 Å². The van der Waals surface area contributed by atoms with Crippen molar-refractivity contribution in [3.8, 4) is 5.75 Å². The van der Waals surface area contributed by atoms with Gasteiger partial charge in [0.1, 0.15) is 38.5 Å². The molecular weight excluding hydrogens is 350 g/mol. The second kappa shape index (κ2) is 9.03. The molecule has 0 aromatic heterocycles. The molecule has 5 nitrogen and oxygen atoms in total. The lowest BCUT2D eigenvalue weighted by Gasteiger charge is -2.29. The fourth-order valence-electron chi connectivity index (χ4n) is 3.39. The summed E-state index contributed by atoms with van der Waals surface area (Å²) in [5.41, 5.74) is 1.99. The third-order valence-corrected chi connectivity index (χ3v) is 5.04. The lowest BCUT2D eigenvalue weighted by Crippen LogP contribution is -3.28. The topological polar surface area (TPSA) is 47.2 Å². The molecular formula is C20H26ClN3O2+2. The monoisotopic (exact) mass is 375 g/mol. The number of carbonyl (C=O) groups is 1. The maximum atomic E-state index is 12.4. The summed E-state index contributed by atoms with van der Waals surface area (Å²) in [4.78, 5) is 15.3. The summed E-state index contributed by atoms with van der Waals surface area (Å²) in [6, 6.07) is 15.8. The van der Waals surface area contributed by atoms with Crippen molar-refractivity contribution < 1.29 is 19.3 Å². The highest BCUT2D eigenvalue weighted by atomic mass is 35.5. The Morgan fingerprint density at radius 1 is 1.08 bits per heavy atom. The lowest BCUT2D eigenvalue weighted by atomic mass is 10.2. The highest BCUT2D eigenvalue weighted by Crippen LogP contribution is 2.27. The molecule has 3 N–H and O–H groups in total. The second-order valence-electron chi connectivity index (χ2n) is 6.73. The molecule has 1 aliphatic heterocycles. The summed E-state index contributed by atoms with van der Waals surface area (Å²) in [6.07, 6.45) is 0. The summed E-state index contributed by atoms with van der Waals surface area (Å²) >= 11 is 6.02. The zero-order valence-corrected chi connectivity index (χ0v) is 15.8. The molecule has 0 spiro atoms. The van der Waals surface area contributed by atoms with Crippen LogP contribution in [-0.2, 0) is 11.3 Å². The van der Waals surface area contributed by atoms with Crippen LogP contribution in [0.1, 0.15) is 5.56 Å². The molecule has 0 atom stereocenters. The molecule has 1 saturated heterocycles. The van der Waals surface area contributed by atoms with E-state index < -0.39 is 0 Å². The highest BCUT2D eigenvalue weighted by Gasteiger charge is 2.25. The second-order valence-corrected chi connectivity index (χ2v) is 7.17. The Morgan fingerprint density at radius 2 is 1.77 bits per heavy atom. The van der Waals surface area contributed by atoms with Gasteiger partial charge in [-0.15, -0.1) is 0 Å². The normalized spacial score (nSPS) is 19.8. The van der Waals surface area contributed by atoms with Crippen LogP contribution < -0.4 is 19.9 Å². The van der Waals surface area contributed by atoms with E-state index in [1.54, 1.807) is 30.2 Å². The Labute approximate surface area is 159 Å². The summed E-state index contributed by atoms with van der Waals surface area (Å²) in [5.74, 6) is 0.613. The number of rotatable bonds is 6. The van der Waals surface area contributed by atoms with E-state index in [-0.39, 0.29) is 5.91 Å². The smallest absolute Gasteiger partial charge is 0.279 e. The van der Waals surface area contributed by atoms with E-state index in [1.807, 2.05) is 0 Å². The minimum Gasteiger partial charge on any atom is -0.495 e. The average molecular weight is 376 g/mol. The van der Waals surface area contributed by atoms with Gasteiger partial charge in [-0.2, -0.15) is 0 Å². The number of benzene rings is 2. The van der Waals surface area contributed by atoms with E-state index in [0.717, 1.165) is 32.7 Å². The molecule has 3 rings (SSSR count). The Hall–Kier alpha value is -2.08. The minimum absolute atomic E-state index is 0.00734. The first-order valence-corrected chi connectivity index (χ1v) is 9.36. The van der Waals surface area contributed by atoms with Gasteiger partial charge in [0.25, 0.3) is 5.91 Å². The van der Waals surface area contributed by atoms with Crippen LogP contribution >= 0.6 is 11.6 Å². The van der Waals surface area contributed by atoms with E-state index in [2.05, 4.69) is 35.6 Å². The van der Waals surface area contributed by atoms with Crippen LogP contribution in [0.5, 0.6) is 5.75 Å². The first kappa shape index (κ1) is 18.7. The number of halogens is 1. The molecule has 0 saturated carbocycles. The Bertz CT molecular complexity index is 731. The van der Waals surface area contributed by atoms with Gasteiger partial charge in [-0.3, -0.25) is 4.79 Å². The van der Waals surface area contributed by atoms with Crippen molar-refractivity contribution in [3.63, 3.8) is 0 Å². The van der Waals surface area contributed by atoms with Crippen molar-refractivity contribution in [2.75, 3.05) is 45.2 Å². The summed E-state index contributed by atoms with van der Waals surface area (Å²) in [5, 5.41) is 3.50. The molecule has 1 aliphatic rings. The summed E-state index contributed by atoms with van der Waals surface area (Å²) in [7, 11) is 1.58. The number of methoxy groups -OCH3 is 1. The van der Waals surface area contributed by atoms with E-state index in [9.17, 15) is 4.79 Å². The Kier molecular flexibility index (Phi) is 6.50. The van der Waals surface area contributed by atoms with Crippen molar-refractivity contribution in [3.05, 3.63) is 59.1 Å². The van der Waals surface area contributed by atoms with Crippen LogP contribution in [0.15, 0.2) is 48.5 Å². The number of hydrogen-bond donors (Lipinski definition) is 3. The van der Waals surface area contributed by atoms with Crippen molar-refractivity contribution in [1.29, 1.82) is 0 Å². The third kappa shape index (κ3) is 5.21. The molecule has 0 aliphatic carbocycles. The standard InChI is InChI=1S/C20H24ClN3O2/c1-26-19-8-7-17(21)13-18(19)22-20(25)15-24-11-9-23(10-12-24)14-16-5-3-2-4-6-16/h2-8,13H,9-12,14-15H2,1H3,(H,22,25)/p+2. The Morgan fingerprint density at radius 3 is 2.46 bits per heavy atom. The molecule has 1 fully saturated rings. The molecule has 0 bridgehead atoms. The van der Waals surface area contributed by atoms with Gasteiger partial charge >= 0.3 is 0 Å². The summed E-state index contributed by atoms with van der Waals surface area (Å²) in [6.45, 7) is 5.69. The third-order valence-electron chi connectivity index (χ3n) is 4.81. The quantitative estimate of drug-likeness (QED) is 0.679. The molecule has 26 heavy (non-hydrogen) atoms. The van der Waals surface area contributed by atoms with Gasteiger partial charge in [-0.1, -0.05) is 41.9 Å². The largest absolute Gasteiger partial charge is 0.495 e. The maximum absolute atomic E-state index is 12.4. The van der Waals surface area contributed by atoms with E-state index in [1.165, 1.54) is 10.5 Å². The molecule has 2 aromatic carbocycles. The van der Waals surface area contributed by atoms with Gasteiger partial charge in [0.15, 0.2) is 6.54 Å². The van der Waals surface area contributed by atoms with Gasteiger partial charge in [0.05, 0.1) is 12.8 Å². The summed E-state index contributed by atoms with van der Waals surface area (Å²) < 4.78 is 5.28. The van der Waals surface area contributed by atoms with Crippen molar-refractivity contribution in [2.45, 2.75) is 6.54 Å². The molecule has 2 aromatic rings. The van der Waals surface area contributed by atoms with Crippen molar-refractivity contribution in [1.82, 2.24) is 0 Å². The first-order valence-electron chi connectivity index (χ1n) is 8.98. The van der Waals surface area contributed by atoms with Crippen LogP contribution in [0.25, 0.3) is 0 Å². The lowest BCUT2D eigenvalue weighted by molar-refractivity contribution is -1.02. The molecule has 1 amide bonds. The van der Waals surface area contributed by atoms with Gasteiger partial charge in [-0.05, 0) is 18.2 Å². The van der Waals surface area contributed by atoms with Crippen LogP contribution in [0.2, 0.25) is 5.02 Å². The van der Waals surface area contributed by atoms with Gasteiger partial charge in [-0.25, -0.2) is 0 Å². The number of anilines is 1. The number of nitrogens with one attached hydrogen (secondary N) is 3. The molecule has 1 heterocycles. The number of hydrogen-bond acceptors (Lipinski definition) is 2. The van der Waals surface area contributed by atoms with E-state index >= 15 is 0 Å². The SMILES string of the molecule is COc1ccc(Cl)cc1NC(=O)C[NH+]1CC[NH+](Cc2ccccc2)CC1. The number of piperazine rings is 1. The van der Waals surface area contributed by atoms with Gasteiger partial charge in [0.2, 0.25) is 0 Å². The van der Waals surface area contributed by atoms with Crippen LogP contribution in [0.3, 0.4) is 0 Å². The number of ether oxygens (including phenoxy) is 1. The minimum atomic E-state index is -0.00734. The number of carbonyl (C=O) groups excluding carboxylic acids is 1. The fraction of sp³-hybridized carbons (Fsp3) is 0.350. The van der Waals surface area contributed by atoms with Crippen LogP contribution in [0, 0.1) is 0 Å². The van der Waals surface area contributed by atoms with Crippen LogP contribution in [-0.4, -0.2) is 45.7 Å². The molecule has 6 heteroatoms. The zero-order chi connectivity index (χ0) is 18.4. The Balaban J connectivity index is 1.47. The van der Waals surface area contributed by atoms with Gasteiger partial charge in [0, 0.05) is 10.6 Å². The fourth-order valence-corrected chi connectivity index (χ4v) is 3.57. The number of quaternary nitrogens is 2. The van der Waals surface area contributed by atoms with Crippen LogP contribution in [0.4, 0.5) is 5.69 Å². The zero-order valence-electron chi connectivity index (χ0n) is 15.1. The van der Waals surface area contributed by atoms with Crippen molar-refractivity contribution >= 4 is 23.2 Å². The predicted molar refractivity (Wildman–Crippen MR) is 103 cm³/mol. The first-order chi connectivity index (χ1) is 12.6. The highest BCUT2D eigenvalue weighted by molar-refractivity contribution is 6.31. The molecule has 0 radical (unpaired) electrons. The molecule has 0 unspecified atom stereocenters. The van der Waals surface area contributed by atoms with Gasteiger partial charge < -0.3 is 19.9 Å². The van der Waals surface area contributed by atoms with Crippen molar-refractivity contribution in [2.24, 2.45) is 0 Å².